The molecule has 5 nitrogen and oxygen atoms in total. The van der Waals surface area contributed by atoms with E-state index in [2.05, 4.69) is 4.72 Å². The van der Waals surface area contributed by atoms with Gasteiger partial charge in [-0.2, -0.15) is 0 Å². The van der Waals surface area contributed by atoms with Crippen LogP contribution in [0.1, 0.15) is 36.5 Å². The molecule has 1 N–H and O–H groups in total. The number of carbonyl (C=O) groups excluding carboxylic acids is 1. The van der Waals surface area contributed by atoms with Gasteiger partial charge in [0, 0.05) is 18.7 Å². The lowest BCUT2D eigenvalue weighted by atomic mass is 10.1. The minimum Gasteiger partial charge on any atom is -0.377 e. The maximum Gasteiger partial charge on any atom is 0.240 e. The van der Waals surface area contributed by atoms with E-state index in [0.717, 1.165) is 19.3 Å². The van der Waals surface area contributed by atoms with Crippen molar-refractivity contribution in [3.63, 3.8) is 0 Å². The third-order valence-corrected chi connectivity index (χ3v) is 4.79. The molecule has 1 atom stereocenters. The van der Waals surface area contributed by atoms with Crippen LogP contribution in [-0.2, 0) is 14.8 Å². The van der Waals surface area contributed by atoms with Gasteiger partial charge in [-0.1, -0.05) is 12.1 Å². The second-order valence-electron chi connectivity index (χ2n) is 4.92. The topological polar surface area (TPSA) is 72.5 Å². The highest BCUT2D eigenvalue weighted by molar-refractivity contribution is 7.89. The van der Waals surface area contributed by atoms with Gasteiger partial charge in [0.05, 0.1) is 11.0 Å². The van der Waals surface area contributed by atoms with Crippen LogP contribution < -0.4 is 4.72 Å². The molecule has 0 amide bonds. The minimum absolute atomic E-state index is 0.0463. The summed E-state index contributed by atoms with van der Waals surface area (Å²) in [5, 5.41) is 0. The summed E-state index contributed by atoms with van der Waals surface area (Å²) in [5.41, 5.74) is 0.500. The van der Waals surface area contributed by atoms with Crippen molar-refractivity contribution >= 4 is 15.8 Å². The first-order chi connectivity index (χ1) is 9.49. The molecule has 20 heavy (non-hydrogen) atoms. The molecule has 0 bridgehead atoms. The number of sulfonamides is 1. The number of carbonyl (C=O) groups is 1. The van der Waals surface area contributed by atoms with Crippen molar-refractivity contribution in [1.82, 2.24) is 4.72 Å². The van der Waals surface area contributed by atoms with E-state index in [1.165, 1.54) is 31.2 Å². The second-order valence-corrected chi connectivity index (χ2v) is 6.69. The number of benzene rings is 1. The molecule has 1 saturated heterocycles. The number of nitrogens with one attached hydrogen (secondary N) is 1. The Hall–Kier alpha value is -1.24. The van der Waals surface area contributed by atoms with Gasteiger partial charge in [0.15, 0.2) is 5.78 Å². The Morgan fingerprint density at radius 1 is 1.30 bits per heavy atom. The lowest BCUT2D eigenvalue weighted by molar-refractivity contribution is 0.0200. The Morgan fingerprint density at radius 2 is 2.00 bits per heavy atom. The summed E-state index contributed by atoms with van der Waals surface area (Å²) in [6.07, 6.45) is 2.94. The Bertz CT molecular complexity index is 559. The average Bonchev–Trinajstić information content (AvgIpc) is 2.46. The van der Waals surface area contributed by atoms with Crippen molar-refractivity contribution in [3.8, 4) is 0 Å². The van der Waals surface area contributed by atoms with Gasteiger partial charge in [0.2, 0.25) is 10.0 Å². The van der Waals surface area contributed by atoms with Crippen LogP contribution >= 0.6 is 0 Å². The monoisotopic (exact) mass is 297 g/mol. The van der Waals surface area contributed by atoms with Crippen molar-refractivity contribution < 1.29 is 17.9 Å². The summed E-state index contributed by atoms with van der Waals surface area (Å²) in [7, 11) is -3.54. The highest BCUT2D eigenvalue weighted by Gasteiger charge is 2.19. The number of hydrogen-bond donors (Lipinski definition) is 1. The van der Waals surface area contributed by atoms with Crippen LogP contribution in [0.3, 0.4) is 0 Å². The van der Waals surface area contributed by atoms with Crippen molar-refractivity contribution in [2.24, 2.45) is 0 Å². The zero-order valence-corrected chi connectivity index (χ0v) is 12.3. The molecule has 1 aromatic rings. The Kier molecular flexibility index (Phi) is 4.91. The quantitative estimate of drug-likeness (QED) is 0.840. The maximum atomic E-state index is 12.1. The lowest BCUT2D eigenvalue weighted by Crippen LogP contribution is -2.35. The summed E-state index contributed by atoms with van der Waals surface area (Å²) in [6, 6.07) is 5.93. The largest absolute Gasteiger partial charge is 0.377 e. The fraction of sp³-hybridized carbons (Fsp3) is 0.500. The molecular weight excluding hydrogens is 278 g/mol. The van der Waals surface area contributed by atoms with Crippen LogP contribution in [0.15, 0.2) is 29.2 Å². The van der Waals surface area contributed by atoms with Crippen molar-refractivity contribution in [2.45, 2.75) is 37.2 Å². The van der Waals surface area contributed by atoms with Crippen LogP contribution in [-0.4, -0.2) is 33.5 Å². The van der Waals surface area contributed by atoms with Crippen LogP contribution in [0.2, 0.25) is 0 Å². The van der Waals surface area contributed by atoms with E-state index in [-0.39, 0.29) is 23.3 Å². The molecule has 0 spiro atoms. The zero-order valence-electron chi connectivity index (χ0n) is 11.5. The predicted molar refractivity (Wildman–Crippen MR) is 75.2 cm³/mol. The standard InChI is InChI=1S/C14H19NO4S/c1-11(16)12-5-7-14(8-6-12)20(17,18)15-10-13-4-2-3-9-19-13/h5-8,13,15H,2-4,9-10H2,1H3. The third kappa shape index (κ3) is 3.88. The molecule has 1 aliphatic heterocycles. The lowest BCUT2D eigenvalue weighted by Gasteiger charge is -2.22. The molecule has 1 aliphatic rings. The number of hydrogen-bond acceptors (Lipinski definition) is 4. The highest BCUT2D eigenvalue weighted by Crippen LogP contribution is 2.14. The Labute approximate surface area is 119 Å². The molecule has 1 heterocycles. The molecule has 0 radical (unpaired) electrons. The summed E-state index contributed by atoms with van der Waals surface area (Å²) in [5.74, 6) is -0.0856. The van der Waals surface area contributed by atoms with E-state index < -0.39 is 10.0 Å². The predicted octanol–water partition coefficient (Wildman–Crippen LogP) is 1.74. The summed E-state index contributed by atoms with van der Waals surface area (Å²) >= 11 is 0. The van der Waals surface area contributed by atoms with Crippen LogP contribution in [0.4, 0.5) is 0 Å². The van der Waals surface area contributed by atoms with Gasteiger partial charge in [0.1, 0.15) is 0 Å². The summed E-state index contributed by atoms with van der Waals surface area (Å²) in [4.78, 5) is 11.3. The molecule has 6 heteroatoms. The smallest absolute Gasteiger partial charge is 0.240 e. The zero-order chi connectivity index (χ0) is 14.6. The van der Waals surface area contributed by atoms with E-state index in [1.54, 1.807) is 0 Å². The number of Topliss-reactive ketones (excluding diaryl/α,β-unsaturated/α-hetero) is 1. The molecule has 2 rings (SSSR count). The number of ether oxygens (including phenoxy) is 1. The van der Waals surface area contributed by atoms with E-state index >= 15 is 0 Å². The van der Waals surface area contributed by atoms with Gasteiger partial charge in [-0.15, -0.1) is 0 Å². The first-order valence-corrected chi connectivity index (χ1v) is 8.19. The molecular formula is C14H19NO4S. The van der Waals surface area contributed by atoms with Crippen molar-refractivity contribution in [1.29, 1.82) is 0 Å². The maximum absolute atomic E-state index is 12.1. The highest BCUT2D eigenvalue weighted by atomic mass is 32.2. The minimum atomic E-state index is -3.54. The van der Waals surface area contributed by atoms with Crippen LogP contribution in [0, 0.1) is 0 Å². The van der Waals surface area contributed by atoms with Crippen molar-refractivity contribution in [3.05, 3.63) is 29.8 Å². The van der Waals surface area contributed by atoms with Crippen molar-refractivity contribution in [2.75, 3.05) is 13.2 Å². The third-order valence-electron chi connectivity index (χ3n) is 3.35. The van der Waals surface area contributed by atoms with Gasteiger partial charge in [-0.25, -0.2) is 13.1 Å². The van der Waals surface area contributed by atoms with Gasteiger partial charge >= 0.3 is 0 Å². The summed E-state index contributed by atoms with van der Waals surface area (Å²) in [6.45, 7) is 2.43. The molecule has 110 valence electrons. The molecule has 0 aliphatic carbocycles. The van der Waals surface area contributed by atoms with E-state index in [9.17, 15) is 13.2 Å². The molecule has 1 aromatic carbocycles. The fourth-order valence-electron chi connectivity index (χ4n) is 2.12. The SMILES string of the molecule is CC(=O)c1ccc(S(=O)(=O)NCC2CCCCO2)cc1. The summed E-state index contributed by atoms with van der Waals surface area (Å²) < 4.78 is 32.3. The Balaban J connectivity index is 2.00. The molecule has 1 unspecified atom stereocenters. The van der Waals surface area contributed by atoms with Gasteiger partial charge in [-0.3, -0.25) is 4.79 Å². The number of rotatable bonds is 5. The molecule has 0 saturated carbocycles. The fourth-order valence-corrected chi connectivity index (χ4v) is 3.19. The van der Waals surface area contributed by atoms with Gasteiger partial charge in [-0.05, 0) is 38.3 Å². The van der Waals surface area contributed by atoms with E-state index in [1.807, 2.05) is 0 Å². The first kappa shape index (κ1) is 15.2. The Morgan fingerprint density at radius 3 is 2.55 bits per heavy atom. The van der Waals surface area contributed by atoms with E-state index in [0.29, 0.717) is 12.2 Å². The van der Waals surface area contributed by atoms with Crippen LogP contribution in [0.5, 0.6) is 0 Å². The molecule has 0 aromatic heterocycles. The normalized spacial score (nSPS) is 19.8. The van der Waals surface area contributed by atoms with Gasteiger partial charge < -0.3 is 4.74 Å². The average molecular weight is 297 g/mol. The van der Waals surface area contributed by atoms with Crippen LogP contribution in [0.25, 0.3) is 0 Å². The second kappa shape index (κ2) is 6.47. The number of ketones is 1. The van der Waals surface area contributed by atoms with E-state index in [4.69, 9.17) is 4.74 Å². The van der Waals surface area contributed by atoms with Gasteiger partial charge in [0.25, 0.3) is 0 Å². The first-order valence-electron chi connectivity index (χ1n) is 6.71. The molecule has 1 fully saturated rings.